The number of rotatable bonds is 5. The third-order valence-electron chi connectivity index (χ3n) is 5.67. The SMILES string of the molecule is CNC(=O)CN(C)c1nc(CN2CCOCC2)nc2sc3c(c12)CC[C@H](C)C3. The summed E-state index contributed by atoms with van der Waals surface area (Å²) in [5.41, 5.74) is 1.40. The van der Waals surface area contributed by atoms with Crippen molar-refractivity contribution in [2.24, 2.45) is 5.92 Å². The lowest BCUT2D eigenvalue weighted by atomic mass is 9.89. The van der Waals surface area contributed by atoms with Crippen LogP contribution in [0.25, 0.3) is 10.2 Å². The number of carbonyl (C=O) groups is 1. The Bertz CT molecular complexity index is 862. The quantitative estimate of drug-likeness (QED) is 0.821. The second-order valence-corrected chi connectivity index (χ2v) is 9.00. The molecule has 0 unspecified atom stereocenters. The Labute approximate surface area is 170 Å². The van der Waals surface area contributed by atoms with Crippen molar-refractivity contribution in [2.45, 2.75) is 32.7 Å². The number of nitrogens with one attached hydrogen (secondary N) is 1. The molecule has 28 heavy (non-hydrogen) atoms. The predicted molar refractivity (Wildman–Crippen MR) is 112 cm³/mol. The molecule has 1 fully saturated rings. The number of carbonyl (C=O) groups excluding carboxylic acids is 1. The van der Waals surface area contributed by atoms with Crippen molar-refractivity contribution >= 4 is 33.3 Å². The summed E-state index contributed by atoms with van der Waals surface area (Å²) in [6.07, 6.45) is 3.39. The highest BCUT2D eigenvalue weighted by Crippen LogP contribution is 2.40. The predicted octanol–water partition coefficient (Wildman–Crippen LogP) is 1.83. The zero-order valence-corrected chi connectivity index (χ0v) is 17.8. The summed E-state index contributed by atoms with van der Waals surface area (Å²) in [6.45, 7) is 6.67. The Morgan fingerprint density at radius 1 is 1.36 bits per heavy atom. The Morgan fingerprint density at radius 2 is 2.14 bits per heavy atom. The maximum Gasteiger partial charge on any atom is 0.239 e. The van der Waals surface area contributed by atoms with Gasteiger partial charge >= 0.3 is 0 Å². The number of aromatic nitrogens is 2. The highest BCUT2D eigenvalue weighted by Gasteiger charge is 2.26. The number of amides is 1. The summed E-state index contributed by atoms with van der Waals surface area (Å²) >= 11 is 1.81. The van der Waals surface area contributed by atoms with Crippen molar-refractivity contribution in [3.05, 3.63) is 16.3 Å². The summed E-state index contributed by atoms with van der Waals surface area (Å²) in [4.78, 5) is 28.7. The van der Waals surface area contributed by atoms with Crippen LogP contribution in [0.4, 0.5) is 5.82 Å². The van der Waals surface area contributed by atoms with Gasteiger partial charge < -0.3 is 15.0 Å². The fraction of sp³-hybridized carbons (Fsp3) is 0.650. The molecule has 0 radical (unpaired) electrons. The van der Waals surface area contributed by atoms with E-state index in [9.17, 15) is 4.79 Å². The summed E-state index contributed by atoms with van der Waals surface area (Å²) < 4.78 is 5.46. The number of thiophene rings is 1. The molecule has 2 aliphatic rings. The van der Waals surface area contributed by atoms with Gasteiger partial charge in [0.05, 0.1) is 31.7 Å². The van der Waals surface area contributed by atoms with E-state index in [0.717, 1.165) is 67.5 Å². The van der Waals surface area contributed by atoms with E-state index in [0.29, 0.717) is 12.5 Å². The number of ether oxygens (including phenoxy) is 1. The number of likely N-dealkylation sites (N-methyl/N-ethyl adjacent to an activating group) is 2. The molecule has 1 aliphatic heterocycles. The first-order chi connectivity index (χ1) is 13.5. The Kier molecular flexibility index (Phi) is 5.80. The molecule has 152 valence electrons. The van der Waals surface area contributed by atoms with Gasteiger partial charge in [-0.15, -0.1) is 11.3 Å². The van der Waals surface area contributed by atoms with Gasteiger partial charge in [-0.05, 0) is 30.7 Å². The van der Waals surface area contributed by atoms with Crippen LogP contribution in [0.5, 0.6) is 0 Å². The van der Waals surface area contributed by atoms with Crippen LogP contribution in [0.1, 0.15) is 29.6 Å². The van der Waals surface area contributed by atoms with E-state index in [-0.39, 0.29) is 5.91 Å². The fourth-order valence-corrected chi connectivity index (χ4v) is 5.44. The molecule has 1 atom stereocenters. The number of aryl methyl sites for hydroxylation is 1. The van der Waals surface area contributed by atoms with E-state index in [4.69, 9.17) is 14.7 Å². The van der Waals surface area contributed by atoms with Crippen LogP contribution in [0.2, 0.25) is 0 Å². The first-order valence-corrected chi connectivity index (χ1v) is 10.9. The van der Waals surface area contributed by atoms with Crippen LogP contribution >= 0.6 is 11.3 Å². The standard InChI is InChI=1S/C20H29N5O2S/c1-13-4-5-14-15(10-13)28-20-18(14)19(24(3)12-17(26)21-2)22-16(23-20)11-25-6-8-27-9-7-25/h13H,4-12H2,1-3H3,(H,21,26)/t13-/m0/s1. The molecule has 0 bridgehead atoms. The Morgan fingerprint density at radius 3 is 2.89 bits per heavy atom. The van der Waals surface area contributed by atoms with E-state index < -0.39 is 0 Å². The van der Waals surface area contributed by atoms with E-state index in [1.807, 2.05) is 23.3 Å². The van der Waals surface area contributed by atoms with Gasteiger partial charge in [-0.3, -0.25) is 9.69 Å². The molecule has 0 spiro atoms. The maximum atomic E-state index is 12.0. The molecule has 1 N–H and O–H groups in total. The highest BCUT2D eigenvalue weighted by atomic mass is 32.1. The topological polar surface area (TPSA) is 70.6 Å². The average Bonchev–Trinajstić information content (AvgIpc) is 3.05. The number of hydrogen-bond acceptors (Lipinski definition) is 7. The number of fused-ring (bicyclic) bond motifs is 3. The zero-order valence-electron chi connectivity index (χ0n) is 17.0. The van der Waals surface area contributed by atoms with E-state index >= 15 is 0 Å². The Hall–Kier alpha value is -1.77. The average molecular weight is 404 g/mol. The van der Waals surface area contributed by atoms with Crippen molar-refractivity contribution in [3.63, 3.8) is 0 Å². The van der Waals surface area contributed by atoms with Crippen molar-refractivity contribution in [3.8, 4) is 0 Å². The molecule has 7 nitrogen and oxygen atoms in total. The first kappa shape index (κ1) is 19.5. The van der Waals surface area contributed by atoms with Crippen molar-refractivity contribution in [1.29, 1.82) is 0 Å². The lowest BCUT2D eigenvalue weighted by molar-refractivity contribution is -0.119. The van der Waals surface area contributed by atoms with Crippen LogP contribution in [0, 0.1) is 5.92 Å². The Balaban J connectivity index is 1.74. The molecule has 0 saturated carbocycles. The van der Waals surface area contributed by atoms with Gasteiger partial charge in [-0.1, -0.05) is 6.92 Å². The maximum absolute atomic E-state index is 12.0. The zero-order chi connectivity index (χ0) is 19.7. The molecule has 8 heteroatoms. The molecule has 1 aliphatic carbocycles. The van der Waals surface area contributed by atoms with E-state index in [1.54, 1.807) is 7.05 Å². The van der Waals surface area contributed by atoms with Gasteiger partial charge in [0.2, 0.25) is 5.91 Å². The van der Waals surface area contributed by atoms with Gasteiger partial charge in [0.25, 0.3) is 0 Å². The van der Waals surface area contributed by atoms with Crippen molar-refractivity contribution in [2.75, 3.05) is 51.8 Å². The van der Waals surface area contributed by atoms with Gasteiger partial charge in [0.1, 0.15) is 16.5 Å². The van der Waals surface area contributed by atoms with E-state index in [1.165, 1.54) is 16.9 Å². The highest BCUT2D eigenvalue weighted by molar-refractivity contribution is 7.19. The molecule has 1 amide bonds. The number of morpholine rings is 1. The minimum Gasteiger partial charge on any atom is -0.379 e. The lowest BCUT2D eigenvalue weighted by Gasteiger charge is -2.26. The smallest absolute Gasteiger partial charge is 0.239 e. The van der Waals surface area contributed by atoms with Gasteiger partial charge in [-0.25, -0.2) is 9.97 Å². The third kappa shape index (κ3) is 3.99. The van der Waals surface area contributed by atoms with Gasteiger partial charge in [0, 0.05) is 32.1 Å². The second kappa shape index (κ2) is 8.31. The normalized spacial score (nSPS) is 20.2. The third-order valence-corrected chi connectivity index (χ3v) is 6.82. The van der Waals surface area contributed by atoms with Crippen LogP contribution < -0.4 is 10.2 Å². The molecular weight excluding hydrogens is 374 g/mol. The molecule has 0 aromatic carbocycles. The molecule has 4 rings (SSSR count). The minimum atomic E-state index is -0.0123. The molecular formula is C20H29N5O2S. The number of hydrogen-bond donors (Lipinski definition) is 1. The van der Waals surface area contributed by atoms with E-state index in [2.05, 4.69) is 17.1 Å². The summed E-state index contributed by atoms with van der Waals surface area (Å²) in [5.74, 6) is 2.43. The van der Waals surface area contributed by atoms with Gasteiger partial charge in [0.15, 0.2) is 0 Å². The lowest BCUT2D eigenvalue weighted by Crippen LogP contribution is -2.36. The van der Waals surface area contributed by atoms with Crippen LogP contribution in [-0.4, -0.2) is 67.7 Å². The minimum absolute atomic E-state index is 0.0123. The van der Waals surface area contributed by atoms with Crippen LogP contribution in [0.15, 0.2) is 0 Å². The summed E-state index contributed by atoms with van der Waals surface area (Å²) in [7, 11) is 3.62. The van der Waals surface area contributed by atoms with Crippen LogP contribution in [-0.2, 0) is 28.9 Å². The number of anilines is 1. The molecule has 2 aromatic rings. The number of nitrogens with zero attached hydrogens (tertiary/aromatic N) is 4. The first-order valence-electron chi connectivity index (χ1n) is 10.1. The van der Waals surface area contributed by atoms with Crippen molar-refractivity contribution in [1.82, 2.24) is 20.2 Å². The molecule has 1 saturated heterocycles. The molecule has 3 heterocycles. The monoisotopic (exact) mass is 403 g/mol. The summed E-state index contributed by atoms with van der Waals surface area (Å²) in [6, 6.07) is 0. The molecule has 2 aromatic heterocycles. The summed E-state index contributed by atoms with van der Waals surface area (Å²) in [5, 5.41) is 3.87. The second-order valence-electron chi connectivity index (χ2n) is 7.91. The largest absolute Gasteiger partial charge is 0.379 e. The fourth-order valence-electron chi connectivity index (χ4n) is 4.04. The van der Waals surface area contributed by atoms with Crippen molar-refractivity contribution < 1.29 is 9.53 Å². The van der Waals surface area contributed by atoms with Gasteiger partial charge in [-0.2, -0.15) is 0 Å². The van der Waals surface area contributed by atoms with Crippen LogP contribution in [0.3, 0.4) is 0 Å².